The summed E-state index contributed by atoms with van der Waals surface area (Å²) in [5.41, 5.74) is 0.889. The summed E-state index contributed by atoms with van der Waals surface area (Å²) in [5, 5.41) is 15.6. The molecule has 8 heteroatoms. The van der Waals surface area contributed by atoms with Gasteiger partial charge in [0.1, 0.15) is 5.01 Å². The quantitative estimate of drug-likeness (QED) is 0.825. The Morgan fingerprint density at radius 2 is 2.35 bits per heavy atom. The number of amides is 1. The van der Waals surface area contributed by atoms with Crippen LogP contribution in [0.5, 0.6) is 0 Å². The highest BCUT2D eigenvalue weighted by atomic mass is 32.2. The molecule has 0 aromatic carbocycles. The van der Waals surface area contributed by atoms with Crippen LogP contribution in [0.1, 0.15) is 36.4 Å². The Kier molecular flexibility index (Phi) is 5.13. The molecule has 6 nitrogen and oxygen atoms in total. The molecule has 1 amide bonds. The lowest BCUT2D eigenvalue weighted by Crippen LogP contribution is -2.27. The van der Waals surface area contributed by atoms with Crippen molar-refractivity contribution in [1.29, 1.82) is 0 Å². The van der Waals surface area contributed by atoms with E-state index in [0.717, 1.165) is 21.5 Å². The van der Waals surface area contributed by atoms with Crippen molar-refractivity contribution in [2.24, 2.45) is 0 Å². The predicted octanol–water partition coefficient (Wildman–Crippen LogP) is 2.37. The van der Waals surface area contributed by atoms with E-state index in [-0.39, 0.29) is 11.9 Å². The summed E-state index contributed by atoms with van der Waals surface area (Å²) < 4.78 is 6.00. The van der Waals surface area contributed by atoms with Crippen LogP contribution in [-0.4, -0.2) is 27.0 Å². The van der Waals surface area contributed by atoms with Crippen molar-refractivity contribution >= 4 is 29.0 Å². The van der Waals surface area contributed by atoms with Crippen molar-refractivity contribution in [1.82, 2.24) is 20.7 Å². The van der Waals surface area contributed by atoms with Crippen LogP contribution < -0.4 is 5.32 Å². The lowest BCUT2D eigenvalue weighted by molar-refractivity contribution is -0.119. The molecule has 20 heavy (non-hydrogen) atoms. The summed E-state index contributed by atoms with van der Waals surface area (Å²) in [4.78, 5) is 11.8. The van der Waals surface area contributed by atoms with Gasteiger partial charge in [0.25, 0.3) is 0 Å². The molecule has 1 atom stereocenters. The number of carbonyl (C=O) groups excluding carboxylic acids is 1. The fourth-order valence-corrected chi connectivity index (χ4v) is 3.14. The molecule has 0 fully saturated rings. The van der Waals surface area contributed by atoms with Gasteiger partial charge in [0.15, 0.2) is 10.1 Å². The summed E-state index contributed by atoms with van der Waals surface area (Å²) in [6.07, 6.45) is 0.816. The number of nitrogens with one attached hydrogen (secondary N) is 1. The number of carbonyl (C=O) groups is 1. The zero-order valence-corrected chi connectivity index (χ0v) is 13.2. The fraction of sp³-hybridized carbons (Fsp3) is 0.500. The molecule has 0 aliphatic heterocycles. The van der Waals surface area contributed by atoms with Crippen molar-refractivity contribution in [3.8, 4) is 0 Å². The minimum atomic E-state index is -0.188. The highest BCUT2D eigenvalue weighted by Crippen LogP contribution is 2.22. The second-order valence-electron chi connectivity index (χ2n) is 4.24. The van der Waals surface area contributed by atoms with Gasteiger partial charge in [0.05, 0.1) is 17.5 Å². The molecule has 0 spiro atoms. The second kappa shape index (κ2) is 6.85. The largest absolute Gasteiger partial charge is 0.359 e. The average molecular weight is 312 g/mol. The number of aromatic nitrogens is 3. The minimum absolute atomic E-state index is 0.0650. The minimum Gasteiger partial charge on any atom is -0.359 e. The first-order valence-corrected chi connectivity index (χ1v) is 8.06. The molecular weight excluding hydrogens is 296 g/mol. The normalized spacial score (nSPS) is 12.3. The molecule has 0 saturated heterocycles. The third kappa shape index (κ3) is 4.04. The molecular formula is C12H16N4O2S2. The van der Waals surface area contributed by atoms with E-state index in [4.69, 9.17) is 4.52 Å². The Hall–Kier alpha value is -1.41. The molecule has 1 N–H and O–H groups in total. The van der Waals surface area contributed by atoms with Crippen LogP contribution in [0.2, 0.25) is 0 Å². The molecule has 0 radical (unpaired) electrons. The van der Waals surface area contributed by atoms with Crippen LogP contribution in [0.25, 0.3) is 0 Å². The average Bonchev–Trinajstić information content (AvgIpc) is 3.05. The lowest BCUT2D eigenvalue weighted by Gasteiger charge is -2.09. The summed E-state index contributed by atoms with van der Waals surface area (Å²) in [7, 11) is 0. The standard InChI is InChI=1S/C12H16N4O2S2/c1-4-9-5-10(18-16-9)7(2)13-11(17)6-19-12-15-14-8(3)20-12/h5,7H,4,6H2,1-3H3,(H,13,17)/t7-/m1/s1. The maximum atomic E-state index is 11.8. The van der Waals surface area contributed by atoms with Crippen molar-refractivity contribution in [2.75, 3.05) is 5.75 Å². The molecule has 2 aromatic rings. The second-order valence-corrected chi connectivity index (χ2v) is 6.64. The topological polar surface area (TPSA) is 80.9 Å². The first kappa shape index (κ1) is 15.0. The monoisotopic (exact) mass is 312 g/mol. The summed E-state index contributed by atoms with van der Waals surface area (Å²) in [6.45, 7) is 5.77. The summed E-state index contributed by atoms with van der Waals surface area (Å²) in [6, 6.07) is 1.68. The van der Waals surface area contributed by atoms with Gasteiger partial charge in [-0.1, -0.05) is 35.2 Å². The molecule has 2 rings (SSSR count). The molecule has 0 aliphatic carbocycles. The van der Waals surface area contributed by atoms with Crippen molar-refractivity contribution < 1.29 is 9.32 Å². The number of aryl methyl sites for hydroxylation is 2. The zero-order chi connectivity index (χ0) is 14.5. The first-order valence-electron chi connectivity index (χ1n) is 6.26. The van der Waals surface area contributed by atoms with Gasteiger partial charge < -0.3 is 9.84 Å². The maximum absolute atomic E-state index is 11.8. The van der Waals surface area contributed by atoms with Crippen molar-refractivity contribution in [3.05, 3.63) is 22.5 Å². The zero-order valence-electron chi connectivity index (χ0n) is 11.5. The summed E-state index contributed by atoms with van der Waals surface area (Å²) >= 11 is 2.87. The Labute approximate surface area is 125 Å². The number of nitrogens with zero attached hydrogens (tertiary/aromatic N) is 3. The van der Waals surface area contributed by atoms with Gasteiger partial charge >= 0.3 is 0 Å². The van der Waals surface area contributed by atoms with E-state index in [0.29, 0.717) is 11.5 Å². The van der Waals surface area contributed by atoms with Gasteiger partial charge in [-0.15, -0.1) is 10.2 Å². The molecule has 0 unspecified atom stereocenters. The number of rotatable bonds is 6. The lowest BCUT2D eigenvalue weighted by atomic mass is 10.2. The molecule has 2 heterocycles. The Bertz CT molecular complexity index is 582. The molecule has 0 bridgehead atoms. The maximum Gasteiger partial charge on any atom is 0.231 e. The van der Waals surface area contributed by atoms with E-state index in [1.807, 2.05) is 26.8 Å². The Morgan fingerprint density at radius 1 is 1.55 bits per heavy atom. The van der Waals surface area contributed by atoms with E-state index in [1.165, 1.54) is 23.1 Å². The smallest absolute Gasteiger partial charge is 0.231 e. The van der Waals surface area contributed by atoms with E-state index in [2.05, 4.69) is 20.7 Å². The Morgan fingerprint density at radius 3 is 2.95 bits per heavy atom. The van der Waals surface area contributed by atoms with E-state index in [1.54, 1.807) is 0 Å². The molecule has 0 aliphatic rings. The van der Waals surface area contributed by atoms with Gasteiger partial charge in [-0.25, -0.2) is 0 Å². The third-order valence-corrected chi connectivity index (χ3v) is 4.55. The van der Waals surface area contributed by atoms with Crippen LogP contribution in [-0.2, 0) is 11.2 Å². The molecule has 108 valence electrons. The first-order chi connectivity index (χ1) is 9.58. The van der Waals surface area contributed by atoms with Gasteiger partial charge in [-0.05, 0) is 20.3 Å². The van der Waals surface area contributed by atoms with E-state index >= 15 is 0 Å². The SMILES string of the molecule is CCc1cc([C@@H](C)NC(=O)CSc2nnc(C)s2)on1. The van der Waals surface area contributed by atoms with Gasteiger partial charge in [0.2, 0.25) is 5.91 Å². The highest BCUT2D eigenvalue weighted by Gasteiger charge is 2.15. The van der Waals surface area contributed by atoms with Gasteiger partial charge in [-0.3, -0.25) is 4.79 Å². The van der Waals surface area contributed by atoms with Crippen LogP contribution in [0.3, 0.4) is 0 Å². The van der Waals surface area contributed by atoms with Crippen LogP contribution >= 0.6 is 23.1 Å². The van der Waals surface area contributed by atoms with E-state index in [9.17, 15) is 4.79 Å². The third-order valence-electron chi connectivity index (χ3n) is 2.58. The number of hydrogen-bond acceptors (Lipinski definition) is 7. The molecule has 2 aromatic heterocycles. The van der Waals surface area contributed by atoms with Crippen LogP contribution in [0.15, 0.2) is 14.9 Å². The summed E-state index contributed by atoms with van der Waals surface area (Å²) in [5.74, 6) is 0.921. The van der Waals surface area contributed by atoms with Gasteiger partial charge in [-0.2, -0.15) is 0 Å². The fourth-order valence-electron chi connectivity index (χ4n) is 1.52. The van der Waals surface area contributed by atoms with Crippen LogP contribution in [0.4, 0.5) is 0 Å². The van der Waals surface area contributed by atoms with Crippen molar-refractivity contribution in [2.45, 2.75) is 37.6 Å². The predicted molar refractivity (Wildman–Crippen MR) is 77.8 cm³/mol. The number of hydrogen-bond donors (Lipinski definition) is 1. The highest BCUT2D eigenvalue weighted by molar-refractivity contribution is 8.01. The van der Waals surface area contributed by atoms with E-state index < -0.39 is 0 Å². The van der Waals surface area contributed by atoms with Crippen molar-refractivity contribution in [3.63, 3.8) is 0 Å². The van der Waals surface area contributed by atoms with Crippen LogP contribution in [0, 0.1) is 6.92 Å². The van der Waals surface area contributed by atoms with Gasteiger partial charge in [0, 0.05) is 6.07 Å². The molecule has 0 saturated carbocycles. The number of thioether (sulfide) groups is 1. The Balaban J connectivity index is 1.81.